The highest BCUT2D eigenvalue weighted by Gasteiger charge is 2.10. The number of nitrogens with one attached hydrogen (secondary N) is 1. The highest BCUT2D eigenvalue weighted by molar-refractivity contribution is 5.89. The van der Waals surface area contributed by atoms with E-state index in [1.54, 1.807) is 13.0 Å². The van der Waals surface area contributed by atoms with Gasteiger partial charge in [0.1, 0.15) is 5.76 Å². The smallest absolute Gasteiger partial charge is 0.226 e. The average molecular weight is 301 g/mol. The van der Waals surface area contributed by atoms with Gasteiger partial charge in [0.05, 0.1) is 0 Å². The molecule has 0 radical (unpaired) electrons. The minimum atomic E-state index is -0.0394. The summed E-state index contributed by atoms with van der Waals surface area (Å²) in [5.74, 6) is 1.13. The van der Waals surface area contributed by atoms with Crippen molar-refractivity contribution < 1.29 is 9.32 Å². The third-order valence-electron chi connectivity index (χ3n) is 3.34. The predicted molar refractivity (Wildman–Crippen MR) is 86.5 cm³/mol. The minimum absolute atomic E-state index is 0.0394. The summed E-state index contributed by atoms with van der Waals surface area (Å²) in [6.45, 7) is 6.52. The number of amides is 1. The molecule has 0 bridgehead atoms. The van der Waals surface area contributed by atoms with Gasteiger partial charge in [0.25, 0.3) is 0 Å². The molecule has 0 saturated carbocycles. The average Bonchev–Trinajstić information content (AvgIpc) is 2.91. The predicted octanol–water partition coefficient (Wildman–Crippen LogP) is 3.22. The third-order valence-corrected chi connectivity index (χ3v) is 3.34. The molecule has 5 nitrogen and oxygen atoms in total. The van der Waals surface area contributed by atoms with E-state index in [1.807, 2.05) is 18.2 Å². The van der Waals surface area contributed by atoms with Crippen molar-refractivity contribution in [3.63, 3.8) is 0 Å². The molecule has 118 valence electrons. The van der Waals surface area contributed by atoms with Crippen molar-refractivity contribution >= 4 is 11.7 Å². The molecule has 0 unspecified atom stereocenters. The monoisotopic (exact) mass is 301 g/mol. The standard InChI is InChI=1S/C17H23N3O2/c1-3-10-20(13-15-7-5-4-6-8-15)11-9-17(21)18-16-12-14(2)22-19-16/h4-8,12H,3,9-11,13H2,1-2H3,(H,18,19,21). The van der Waals surface area contributed by atoms with E-state index in [2.05, 4.69) is 34.4 Å². The summed E-state index contributed by atoms with van der Waals surface area (Å²) < 4.78 is 4.93. The third kappa shape index (κ3) is 5.33. The number of anilines is 1. The summed E-state index contributed by atoms with van der Waals surface area (Å²) in [5.41, 5.74) is 1.27. The van der Waals surface area contributed by atoms with Crippen molar-refractivity contribution in [2.24, 2.45) is 0 Å². The molecule has 22 heavy (non-hydrogen) atoms. The zero-order chi connectivity index (χ0) is 15.8. The Hall–Kier alpha value is -2.14. The fourth-order valence-electron chi connectivity index (χ4n) is 2.32. The Balaban J connectivity index is 1.81. The Morgan fingerprint density at radius 1 is 1.27 bits per heavy atom. The zero-order valence-electron chi connectivity index (χ0n) is 13.2. The van der Waals surface area contributed by atoms with Crippen molar-refractivity contribution in [3.8, 4) is 0 Å². The summed E-state index contributed by atoms with van der Waals surface area (Å²) in [6.07, 6.45) is 1.51. The van der Waals surface area contributed by atoms with Crippen LogP contribution in [0.4, 0.5) is 5.82 Å². The number of aromatic nitrogens is 1. The lowest BCUT2D eigenvalue weighted by atomic mass is 10.2. The second-order valence-electron chi connectivity index (χ2n) is 5.38. The molecule has 2 rings (SSSR count). The molecule has 0 fully saturated rings. The number of benzene rings is 1. The van der Waals surface area contributed by atoms with Crippen LogP contribution in [0.2, 0.25) is 0 Å². The van der Waals surface area contributed by atoms with E-state index in [9.17, 15) is 4.79 Å². The number of carbonyl (C=O) groups excluding carboxylic acids is 1. The van der Waals surface area contributed by atoms with Gasteiger partial charge in [0, 0.05) is 25.6 Å². The Bertz CT molecular complexity index is 581. The topological polar surface area (TPSA) is 58.4 Å². The van der Waals surface area contributed by atoms with E-state index >= 15 is 0 Å². The fraction of sp³-hybridized carbons (Fsp3) is 0.412. The van der Waals surface area contributed by atoms with Gasteiger partial charge in [-0.2, -0.15) is 0 Å². The van der Waals surface area contributed by atoms with Crippen molar-refractivity contribution in [2.45, 2.75) is 33.2 Å². The van der Waals surface area contributed by atoms with Gasteiger partial charge >= 0.3 is 0 Å². The van der Waals surface area contributed by atoms with Gasteiger partial charge in [-0.1, -0.05) is 42.4 Å². The Labute approximate surface area is 131 Å². The maximum absolute atomic E-state index is 12.0. The van der Waals surface area contributed by atoms with Gasteiger partial charge in [0.15, 0.2) is 5.82 Å². The summed E-state index contributed by atoms with van der Waals surface area (Å²) in [6, 6.07) is 12.0. The molecule has 0 saturated heterocycles. The number of hydrogen-bond donors (Lipinski definition) is 1. The van der Waals surface area contributed by atoms with E-state index < -0.39 is 0 Å². The molecule has 0 spiro atoms. The van der Waals surface area contributed by atoms with Crippen molar-refractivity contribution in [3.05, 3.63) is 47.7 Å². The van der Waals surface area contributed by atoms with Gasteiger partial charge in [-0.05, 0) is 25.5 Å². The maximum Gasteiger partial charge on any atom is 0.226 e. The highest BCUT2D eigenvalue weighted by Crippen LogP contribution is 2.09. The van der Waals surface area contributed by atoms with Crippen LogP contribution in [0.5, 0.6) is 0 Å². The maximum atomic E-state index is 12.0. The van der Waals surface area contributed by atoms with Gasteiger partial charge in [-0.25, -0.2) is 0 Å². The SMILES string of the molecule is CCCN(CCC(=O)Nc1cc(C)on1)Cc1ccccc1. The van der Waals surface area contributed by atoms with Gasteiger partial charge < -0.3 is 9.84 Å². The van der Waals surface area contributed by atoms with Gasteiger partial charge in [-0.15, -0.1) is 0 Å². The summed E-state index contributed by atoms with van der Waals surface area (Å²) in [4.78, 5) is 14.3. The summed E-state index contributed by atoms with van der Waals surface area (Å²) >= 11 is 0. The number of hydrogen-bond acceptors (Lipinski definition) is 4. The molecular weight excluding hydrogens is 278 g/mol. The molecular formula is C17H23N3O2. The lowest BCUT2D eigenvalue weighted by molar-refractivity contribution is -0.116. The van der Waals surface area contributed by atoms with Crippen LogP contribution >= 0.6 is 0 Å². The molecule has 2 aromatic rings. The number of carbonyl (C=O) groups is 1. The normalized spacial score (nSPS) is 10.9. The van der Waals surface area contributed by atoms with Gasteiger partial charge in [0.2, 0.25) is 5.91 Å². The molecule has 5 heteroatoms. The van der Waals surface area contributed by atoms with Crippen LogP contribution in [0.3, 0.4) is 0 Å². The Morgan fingerprint density at radius 2 is 2.05 bits per heavy atom. The summed E-state index contributed by atoms with van der Waals surface area (Å²) in [5, 5.41) is 6.52. The first-order valence-corrected chi connectivity index (χ1v) is 7.67. The highest BCUT2D eigenvalue weighted by atomic mass is 16.5. The molecule has 1 aromatic heterocycles. The van der Waals surface area contributed by atoms with E-state index in [0.29, 0.717) is 18.0 Å². The lowest BCUT2D eigenvalue weighted by Crippen LogP contribution is -2.28. The van der Waals surface area contributed by atoms with Crippen LogP contribution in [0.1, 0.15) is 31.1 Å². The molecule has 1 heterocycles. The number of rotatable bonds is 8. The van der Waals surface area contributed by atoms with Crippen LogP contribution in [-0.4, -0.2) is 29.1 Å². The van der Waals surface area contributed by atoms with Crippen LogP contribution in [0.15, 0.2) is 40.9 Å². The lowest BCUT2D eigenvalue weighted by Gasteiger charge is -2.21. The molecule has 1 N–H and O–H groups in total. The van der Waals surface area contributed by atoms with Crippen LogP contribution in [0.25, 0.3) is 0 Å². The number of nitrogens with zero attached hydrogens (tertiary/aromatic N) is 2. The molecule has 0 atom stereocenters. The zero-order valence-corrected chi connectivity index (χ0v) is 13.2. The molecule has 0 aliphatic carbocycles. The quantitative estimate of drug-likeness (QED) is 0.813. The second kappa shape index (κ2) is 8.34. The van der Waals surface area contributed by atoms with Crippen molar-refractivity contribution in [2.75, 3.05) is 18.4 Å². The van der Waals surface area contributed by atoms with Crippen molar-refractivity contribution in [1.82, 2.24) is 10.1 Å². The van der Waals surface area contributed by atoms with E-state index in [1.165, 1.54) is 5.56 Å². The van der Waals surface area contributed by atoms with E-state index in [-0.39, 0.29) is 5.91 Å². The van der Waals surface area contributed by atoms with Crippen LogP contribution in [-0.2, 0) is 11.3 Å². The Morgan fingerprint density at radius 3 is 2.68 bits per heavy atom. The number of aryl methyl sites for hydroxylation is 1. The summed E-state index contributed by atoms with van der Waals surface area (Å²) in [7, 11) is 0. The first-order valence-electron chi connectivity index (χ1n) is 7.67. The van der Waals surface area contributed by atoms with Crippen molar-refractivity contribution in [1.29, 1.82) is 0 Å². The molecule has 0 aliphatic heterocycles. The largest absolute Gasteiger partial charge is 0.360 e. The minimum Gasteiger partial charge on any atom is -0.360 e. The van der Waals surface area contributed by atoms with E-state index in [4.69, 9.17) is 4.52 Å². The van der Waals surface area contributed by atoms with Crippen LogP contribution < -0.4 is 5.32 Å². The van der Waals surface area contributed by atoms with E-state index in [0.717, 1.165) is 26.1 Å². The molecule has 0 aliphatic rings. The fourth-order valence-corrected chi connectivity index (χ4v) is 2.32. The molecule has 1 amide bonds. The molecule has 1 aromatic carbocycles. The van der Waals surface area contributed by atoms with Gasteiger partial charge in [-0.3, -0.25) is 9.69 Å². The van der Waals surface area contributed by atoms with Crippen LogP contribution in [0, 0.1) is 6.92 Å². The first-order chi connectivity index (χ1) is 10.7. The first kappa shape index (κ1) is 16.2. The Kier molecular flexibility index (Phi) is 6.15. The second-order valence-corrected chi connectivity index (χ2v) is 5.38.